The Kier molecular flexibility index (Phi) is 6.07. The molecule has 5 atom stereocenters. The molecule has 9 heteroatoms. The molecule has 4 rings (SSSR count). The Hall–Kier alpha value is -3.11. The highest BCUT2D eigenvalue weighted by molar-refractivity contribution is 5.84. The van der Waals surface area contributed by atoms with Crippen LogP contribution in [-0.2, 0) is 9.47 Å². The molecule has 2 heterocycles. The first-order valence-corrected chi connectivity index (χ1v) is 9.98. The fraction of sp³-hybridized carbons (Fsp3) is 0.348. The molecule has 170 valence electrons. The van der Waals surface area contributed by atoms with Gasteiger partial charge in [0.1, 0.15) is 35.9 Å². The SMILES string of the molecule is COc1cc2c(=O)c(-c3ccc(O)cc3)coc2cc1O[C@@H]1O[C@@H](C)[C@H](O)[C@@H](O)[C@H]1OC. The fourth-order valence-corrected chi connectivity index (χ4v) is 3.70. The molecule has 1 aliphatic heterocycles. The summed E-state index contributed by atoms with van der Waals surface area (Å²) in [6.45, 7) is 1.61. The van der Waals surface area contributed by atoms with E-state index in [1.54, 1.807) is 19.1 Å². The number of aliphatic hydroxyl groups is 2. The third-order valence-electron chi connectivity index (χ3n) is 5.54. The van der Waals surface area contributed by atoms with Crippen LogP contribution < -0.4 is 14.9 Å². The molecule has 0 aliphatic carbocycles. The molecule has 0 saturated carbocycles. The second kappa shape index (κ2) is 8.79. The molecule has 0 spiro atoms. The lowest BCUT2D eigenvalue weighted by molar-refractivity contribution is -0.274. The third kappa shape index (κ3) is 3.91. The number of phenols is 1. The molecule has 1 aromatic heterocycles. The first kappa shape index (κ1) is 22.1. The van der Waals surface area contributed by atoms with Gasteiger partial charge in [0.05, 0.1) is 24.2 Å². The number of hydrogen-bond acceptors (Lipinski definition) is 9. The normalized spacial score (nSPS) is 25.6. The summed E-state index contributed by atoms with van der Waals surface area (Å²) in [5.41, 5.74) is 0.899. The van der Waals surface area contributed by atoms with Gasteiger partial charge in [0.25, 0.3) is 0 Å². The number of ether oxygens (including phenoxy) is 4. The van der Waals surface area contributed by atoms with Crippen LogP contribution in [0.1, 0.15) is 6.92 Å². The summed E-state index contributed by atoms with van der Waals surface area (Å²) >= 11 is 0. The number of benzene rings is 2. The van der Waals surface area contributed by atoms with E-state index in [9.17, 15) is 20.1 Å². The van der Waals surface area contributed by atoms with Gasteiger partial charge in [-0.15, -0.1) is 0 Å². The van der Waals surface area contributed by atoms with Crippen LogP contribution in [0.25, 0.3) is 22.1 Å². The summed E-state index contributed by atoms with van der Waals surface area (Å²) in [5.74, 6) is 0.552. The Morgan fingerprint density at radius 2 is 1.72 bits per heavy atom. The van der Waals surface area contributed by atoms with Crippen molar-refractivity contribution in [3.8, 4) is 28.4 Å². The van der Waals surface area contributed by atoms with Crippen LogP contribution in [0.4, 0.5) is 0 Å². The van der Waals surface area contributed by atoms with Gasteiger partial charge in [-0.2, -0.15) is 0 Å². The largest absolute Gasteiger partial charge is 0.508 e. The van der Waals surface area contributed by atoms with Crippen molar-refractivity contribution in [1.82, 2.24) is 0 Å². The van der Waals surface area contributed by atoms with Gasteiger partial charge in [-0.1, -0.05) is 12.1 Å². The maximum absolute atomic E-state index is 13.1. The first-order chi connectivity index (χ1) is 15.3. The van der Waals surface area contributed by atoms with Gasteiger partial charge in [0.15, 0.2) is 11.5 Å². The number of fused-ring (bicyclic) bond motifs is 1. The Balaban J connectivity index is 1.72. The fourth-order valence-electron chi connectivity index (χ4n) is 3.70. The average molecular weight is 444 g/mol. The highest BCUT2D eigenvalue weighted by atomic mass is 16.7. The Labute approximate surface area is 183 Å². The number of hydrogen-bond donors (Lipinski definition) is 3. The van der Waals surface area contributed by atoms with Crippen LogP contribution in [0, 0.1) is 0 Å². The Bertz CT molecular complexity index is 1150. The van der Waals surface area contributed by atoms with E-state index in [0.717, 1.165) is 0 Å². The predicted molar refractivity (Wildman–Crippen MR) is 114 cm³/mol. The lowest BCUT2D eigenvalue weighted by atomic mass is 10.00. The number of rotatable bonds is 5. The van der Waals surface area contributed by atoms with Gasteiger partial charge in [0, 0.05) is 13.2 Å². The monoisotopic (exact) mass is 444 g/mol. The first-order valence-electron chi connectivity index (χ1n) is 9.98. The van der Waals surface area contributed by atoms with Crippen molar-refractivity contribution in [2.45, 2.75) is 37.6 Å². The van der Waals surface area contributed by atoms with E-state index in [0.29, 0.717) is 11.1 Å². The van der Waals surface area contributed by atoms with Crippen molar-refractivity contribution in [3.63, 3.8) is 0 Å². The highest BCUT2D eigenvalue weighted by Gasteiger charge is 2.44. The average Bonchev–Trinajstić information content (AvgIpc) is 2.78. The second-order valence-corrected chi connectivity index (χ2v) is 7.53. The van der Waals surface area contributed by atoms with Crippen molar-refractivity contribution < 1.29 is 38.7 Å². The van der Waals surface area contributed by atoms with Crippen molar-refractivity contribution in [2.75, 3.05) is 14.2 Å². The predicted octanol–water partition coefficient (Wildman–Crippen LogP) is 2.03. The second-order valence-electron chi connectivity index (χ2n) is 7.53. The molecule has 3 N–H and O–H groups in total. The zero-order valence-electron chi connectivity index (χ0n) is 17.7. The van der Waals surface area contributed by atoms with Crippen molar-refractivity contribution in [3.05, 3.63) is 52.9 Å². The van der Waals surface area contributed by atoms with Crippen molar-refractivity contribution in [2.24, 2.45) is 0 Å². The van der Waals surface area contributed by atoms with Gasteiger partial charge < -0.3 is 38.7 Å². The maximum atomic E-state index is 13.1. The number of phenolic OH excluding ortho intramolecular Hbond substituents is 1. The van der Waals surface area contributed by atoms with Gasteiger partial charge >= 0.3 is 0 Å². The molecule has 9 nitrogen and oxygen atoms in total. The minimum Gasteiger partial charge on any atom is -0.508 e. The van der Waals surface area contributed by atoms with Gasteiger partial charge in [-0.3, -0.25) is 4.79 Å². The number of methoxy groups -OCH3 is 2. The molecule has 3 aromatic rings. The highest BCUT2D eigenvalue weighted by Crippen LogP contribution is 2.35. The zero-order chi connectivity index (χ0) is 23.0. The topological polar surface area (TPSA) is 128 Å². The lowest BCUT2D eigenvalue weighted by Gasteiger charge is -2.40. The van der Waals surface area contributed by atoms with E-state index in [4.69, 9.17) is 23.4 Å². The molecular formula is C23H24O9. The molecule has 2 aromatic carbocycles. The minimum atomic E-state index is -1.22. The molecule has 0 bridgehead atoms. The molecule has 1 aliphatic rings. The summed E-state index contributed by atoms with van der Waals surface area (Å²) in [6, 6.07) is 9.20. The summed E-state index contributed by atoms with van der Waals surface area (Å²) in [4.78, 5) is 13.1. The zero-order valence-corrected chi connectivity index (χ0v) is 17.7. The van der Waals surface area contributed by atoms with Gasteiger partial charge in [-0.25, -0.2) is 0 Å². The number of aromatic hydroxyl groups is 1. The Morgan fingerprint density at radius 3 is 2.38 bits per heavy atom. The molecule has 0 amide bonds. The van der Waals surface area contributed by atoms with Crippen LogP contribution >= 0.6 is 0 Å². The van der Waals surface area contributed by atoms with E-state index in [1.807, 2.05) is 0 Å². The molecule has 1 fully saturated rings. The molecule has 0 unspecified atom stereocenters. The van der Waals surface area contributed by atoms with Crippen LogP contribution in [-0.4, -0.2) is 60.2 Å². The van der Waals surface area contributed by atoms with E-state index in [2.05, 4.69) is 0 Å². The minimum absolute atomic E-state index is 0.0913. The van der Waals surface area contributed by atoms with E-state index >= 15 is 0 Å². The summed E-state index contributed by atoms with van der Waals surface area (Å²) < 4.78 is 28.0. The standard InChI is InChI=1S/C23H24O9/c1-11-19(25)21(27)22(29-3)23(31-11)32-18-9-16-14(8-17(18)28-2)20(26)15(10-30-16)12-4-6-13(24)7-5-12/h4-11,19,21-25,27H,1-3H3/t11-,19-,21+,22+,23-/m0/s1. The molecule has 32 heavy (non-hydrogen) atoms. The maximum Gasteiger partial charge on any atom is 0.229 e. The smallest absolute Gasteiger partial charge is 0.229 e. The van der Waals surface area contributed by atoms with Gasteiger partial charge in [0.2, 0.25) is 11.7 Å². The lowest BCUT2D eigenvalue weighted by Crippen LogP contribution is -2.59. The van der Waals surface area contributed by atoms with Crippen molar-refractivity contribution >= 4 is 11.0 Å². The summed E-state index contributed by atoms with van der Waals surface area (Å²) in [7, 11) is 2.80. The third-order valence-corrected chi connectivity index (χ3v) is 5.54. The van der Waals surface area contributed by atoms with E-state index in [1.165, 1.54) is 44.7 Å². The van der Waals surface area contributed by atoms with Crippen LogP contribution in [0.3, 0.4) is 0 Å². The number of aliphatic hydroxyl groups excluding tert-OH is 2. The van der Waals surface area contributed by atoms with E-state index < -0.39 is 30.7 Å². The molecule has 0 radical (unpaired) electrons. The van der Waals surface area contributed by atoms with E-state index in [-0.39, 0.29) is 33.6 Å². The summed E-state index contributed by atoms with van der Waals surface area (Å²) in [6.07, 6.45) is -3.70. The van der Waals surface area contributed by atoms with Gasteiger partial charge in [-0.05, 0) is 30.7 Å². The van der Waals surface area contributed by atoms with Crippen LogP contribution in [0.5, 0.6) is 17.2 Å². The van der Waals surface area contributed by atoms with Crippen LogP contribution in [0.2, 0.25) is 0 Å². The van der Waals surface area contributed by atoms with Crippen molar-refractivity contribution in [1.29, 1.82) is 0 Å². The summed E-state index contributed by atoms with van der Waals surface area (Å²) in [5, 5.41) is 30.1. The molecular weight excluding hydrogens is 420 g/mol. The quantitative estimate of drug-likeness (QED) is 0.541. The van der Waals surface area contributed by atoms with Crippen LogP contribution in [0.15, 0.2) is 51.9 Å². The Morgan fingerprint density at radius 1 is 1.00 bits per heavy atom. The molecule has 1 saturated heterocycles.